The fourth-order valence-electron chi connectivity index (χ4n) is 1.39. The topological polar surface area (TPSA) is 38.5 Å². The van der Waals surface area contributed by atoms with Gasteiger partial charge in [-0.15, -0.1) is 0 Å². The van der Waals surface area contributed by atoms with Crippen LogP contribution in [0.25, 0.3) is 0 Å². The highest BCUT2D eigenvalue weighted by molar-refractivity contribution is 7.80. The van der Waals surface area contributed by atoms with Gasteiger partial charge in [0.25, 0.3) is 0 Å². The molecule has 1 saturated heterocycles. The van der Waals surface area contributed by atoms with Crippen LogP contribution in [0.4, 0.5) is 0 Å². The molecule has 4 heteroatoms. The Kier molecular flexibility index (Phi) is 3.91. The van der Waals surface area contributed by atoms with Gasteiger partial charge < -0.3 is 10.5 Å². The highest BCUT2D eigenvalue weighted by Gasteiger charge is 2.21. The van der Waals surface area contributed by atoms with E-state index in [-0.39, 0.29) is 6.10 Å². The molecule has 1 unspecified atom stereocenters. The Labute approximate surface area is 78.9 Å². The van der Waals surface area contributed by atoms with Gasteiger partial charge in [0, 0.05) is 13.1 Å². The molecule has 3 nitrogen and oxygen atoms in total. The van der Waals surface area contributed by atoms with Crippen LogP contribution >= 0.6 is 12.2 Å². The number of hydrogen-bond donors (Lipinski definition) is 1. The van der Waals surface area contributed by atoms with Gasteiger partial charge in [-0.25, -0.2) is 0 Å². The van der Waals surface area contributed by atoms with E-state index in [1.54, 1.807) is 0 Å². The molecule has 1 heterocycles. The predicted molar refractivity (Wildman–Crippen MR) is 53.3 cm³/mol. The number of nitrogens with two attached hydrogens (primary N) is 1. The van der Waals surface area contributed by atoms with Gasteiger partial charge in [-0.3, -0.25) is 4.90 Å². The fourth-order valence-corrected chi connectivity index (χ4v) is 1.54. The highest BCUT2D eigenvalue weighted by Crippen LogP contribution is 2.05. The summed E-state index contributed by atoms with van der Waals surface area (Å²) >= 11 is 4.88. The van der Waals surface area contributed by atoms with Crippen LogP contribution in [-0.2, 0) is 4.74 Å². The summed E-state index contributed by atoms with van der Waals surface area (Å²) in [6, 6.07) is 0. The molecule has 0 spiro atoms. The second-order valence-corrected chi connectivity index (χ2v) is 3.53. The summed E-state index contributed by atoms with van der Waals surface area (Å²) in [5.41, 5.74) is 5.51. The Morgan fingerprint density at radius 3 is 3.08 bits per heavy atom. The number of morpholine rings is 1. The molecule has 0 radical (unpaired) electrons. The van der Waals surface area contributed by atoms with Gasteiger partial charge >= 0.3 is 0 Å². The van der Waals surface area contributed by atoms with Gasteiger partial charge in [-0.1, -0.05) is 19.1 Å². The van der Waals surface area contributed by atoms with E-state index >= 15 is 0 Å². The molecule has 1 rings (SSSR count). The monoisotopic (exact) mass is 188 g/mol. The van der Waals surface area contributed by atoms with Crippen LogP contribution in [0.1, 0.15) is 13.3 Å². The maximum Gasteiger partial charge on any atom is 0.120 e. The lowest BCUT2D eigenvalue weighted by Gasteiger charge is -2.31. The van der Waals surface area contributed by atoms with E-state index in [1.165, 1.54) is 6.42 Å². The van der Waals surface area contributed by atoms with Crippen molar-refractivity contribution in [1.29, 1.82) is 0 Å². The zero-order valence-electron chi connectivity index (χ0n) is 7.45. The van der Waals surface area contributed by atoms with Crippen LogP contribution in [0.15, 0.2) is 0 Å². The van der Waals surface area contributed by atoms with Gasteiger partial charge in [0.05, 0.1) is 6.61 Å². The van der Waals surface area contributed by atoms with Crippen molar-refractivity contribution in [2.75, 3.05) is 26.2 Å². The van der Waals surface area contributed by atoms with Crippen molar-refractivity contribution >= 4 is 17.2 Å². The number of nitrogens with zero attached hydrogens (tertiary/aromatic N) is 1. The summed E-state index contributed by atoms with van der Waals surface area (Å²) in [6.07, 6.45) is 1.14. The molecule has 0 aromatic rings. The van der Waals surface area contributed by atoms with Crippen LogP contribution in [0, 0.1) is 0 Å². The molecule has 0 aromatic carbocycles. The molecule has 0 aliphatic carbocycles. The smallest absolute Gasteiger partial charge is 0.120 e. The number of thiocarbonyl (C=S) groups is 1. The van der Waals surface area contributed by atoms with Crippen LogP contribution in [0.5, 0.6) is 0 Å². The molecular weight excluding hydrogens is 172 g/mol. The third-order valence-corrected chi connectivity index (χ3v) is 2.27. The molecule has 1 atom stereocenters. The van der Waals surface area contributed by atoms with Gasteiger partial charge in [0.1, 0.15) is 11.1 Å². The molecular formula is C8H16N2OS. The zero-order valence-corrected chi connectivity index (χ0v) is 8.27. The summed E-state index contributed by atoms with van der Waals surface area (Å²) in [6.45, 7) is 5.91. The van der Waals surface area contributed by atoms with Gasteiger partial charge in [-0.2, -0.15) is 0 Å². The molecule has 2 N–H and O–H groups in total. The molecule has 12 heavy (non-hydrogen) atoms. The summed E-state index contributed by atoms with van der Waals surface area (Å²) in [5.74, 6) is 0. The van der Waals surface area contributed by atoms with Crippen molar-refractivity contribution in [2.24, 2.45) is 5.73 Å². The SMILES string of the molecule is CCCN1CCOC(C(N)=S)C1. The Bertz CT molecular complexity index is 161. The van der Waals surface area contributed by atoms with E-state index in [0.29, 0.717) is 4.99 Å². The number of rotatable bonds is 3. The van der Waals surface area contributed by atoms with Crippen molar-refractivity contribution in [1.82, 2.24) is 4.90 Å². The lowest BCUT2D eigenvalue weighted by atomic mass is 10.2. The van der Waals surface area contributed by atoms with Gasteiger partial charge in [0.15, 0.2) is 0 Å². The summed E-state index contributed by atoms with van der Waals surface area (Å²) in [5, 5.41) is 0. The minimum absolute atomic E-state index is 0.0275. The second kappa shape index (κ2) is 4.74. The number of ether oxygens (including phenoxy) is 1. The first kappa shape index (κ1) is 9.89. The molecule has 0 aromatic heterocycles. The standard InChI is InChI=1S/C8H16N2OS/c1-2-3-10-4-5-11-7(6-10)8(9)12/h7H,2-6H2,1H3,(H2,9,12). The van der Waals surface area contributed by atoms with E-state index in [0.717, 1.165) is 26.2 Å². The summed E-state index contributed by atoms with van der Waals surface area (Å²) in [4.78, 5) is 2.82. The van der Waals surface area contributed by atoms with Crippen molar-refractivity contribution in [3.05, 3.63) is 0 Å². The average Bonchev–Trinajstić information content (AvgIpc) is 2.05. The van der Waals surface area contributed by atoms with Crippen molar-refractivity contribution in [3.8, 4) is 0 Å². The van der Waals surface area contributed by atoms with E-state index < -0.39 is 0 Å². The minimum atomic E-state index is -0.0275. The van der Waals surface area contributed by atoms with Crippen molar-refractivity contribution in [2.45, 2.75) is 19.4 Å². The van der Waals surface area contributed by atoms with Gasteiger partial charge in [-0.05, 0) is 13.0 Å². The predicted octanol–water partition coefficient (Wildman–Crippen LogP) is 0.383. The molecule has 1 aliphatic rings. The maximum absolute atomic E-state index is 5.51. The number of hydrogen-bond acceptors (Lipinski definition) is 3. The zero-order chi connectivity index (χ0) is 8.97. The van der Waals surface area contributed by atoms with Crippen LogP contribution in [-0.4, -0.2) is 42.2 Å². The lowest BCUT2D eigenvalue weighted by Crippen LogP contribution is -2.47. The van der Waals surface area contributed by atoms with E-state index in [1.807, 2.05) is 0 Å². The van der Waals surface area contributed by atoms with Crippen LogP contribution in [0.3, 0.4) is 0 Å². The van der Waals surface area contributed by atoms with Crippen LogP contribution in [0.2, 0.25) is 0 Å². The highest BCUT2D eigenvalue weighted by atomic mass is 32.1. The molecule has 1 fully saturated rings. The first-order valence-corrected chi connectivity index (χ1v) is 4.78. The maximum atomic E-state index is 5.51. The lowest BCUT2D eigenvalue weighted by molar-refractivity contribution is 0.00737. The van der Waals surface area contributed by atoms with E-state index in [9.17, 15) is 0 Å². The second-order valence-electron chi connectivity index (χ2n) is 3.06. The molecule has 0 amide bonds. The molecule has 0 bridgehead atoms. The largest absolute Gasteiger partial charge is 0.391 e. The third kappa shape index (κ3) is 2.69. The van der Waals surface area contributed by atoms with Gasteiger partial charge in [0.2, 0.25) is 0 Å². The Morgan fingerprint density at radius 2 is 2.50 bits per heavy atom. The van der Waals surface area contributed by atoms with Crippen LogP contribution < -0.4 is 5.73 Å². The minimum Gasteiger partial charge on any atom is -0.391 e. The third-order valence-electron chi connectivity index (χ3n) is 2.01. The summed E-state index contributed by atoms with van der Waals surface area (Å²) < 4.78 is 5.41. The normalized spacial score (nSPS) is 25.6. The first-order valence-electron chi connectivity index (χ1n) is 4.37. The first-order chi connectivity index (χ1) is 5.74. The summed E-state index contributed by atoms with van der Waals surface area (Å²) in [7, 11) is 0. The Balaban J connectivity index is 2.35. The molecule has 0 saturated carbocycles. The fraction of sp³-hybridized carbons (Fsp3) is 0.875. The quantitative estimate of drug-likeness (QED) is 0.650. The van der Waals surface area contributed by atoms with E-state index in [2.05, 4.69) is 11.8 Å². The van der Waals surface area contributed by atoms with E-state index in [4.69, 9.17) is 22.7 Å². The van der Waals surface area contributed by atoms with Crippen molar-refractivity contribution < 1.29 is 4.74 Å². The Hall–Kier alpha value is -0.190. The molecule has 1 aliphatic heterocycles. The Morgan fingerprint density at radius 1 is 1.75 bits per heavy atom. The molecule has 70 valence electrons. The van der Waals surface area contributed by atoms with Crippen molar-refractivity contribution in [3.63, 3.8) is 0 Å². The average molecular weight is 188 g/mol.